The number of ether oxygens (including phenoxy) is 3. The van der Waals surface area contributed by atoms with Crippen molar-refractivity contribution in [3.05, 3.63) is 47.5 Å². The summed E-state index contributed by atoms with van der Waals surface area (Å²) in [7, 11) is 2.99. The van der Waals surface area contributed by atoms with Gasteiger partial charge in [-0.05, 0) is 43.2 Å². The van der Waals surface area contributed by atoms with Crippen LogP contribution in [0.25, 0.3) is 0 Å². The molecular formula is C23H25N3O6. The van der Waals surface area contributed by atoms with Crippen LogP contribution in [0.15, 0.2) is 36.4 Å². The molecule has 0 bridgehead atoms. The summed E-state index contributed by atoms with van der Waals surface area (Å²) in [6, 6.07) is 9.81. The molecule has 0 aromatic heterocycles. The Morgan fingerprint density at radius 2 is 1.62 bits per heavy atom. The SMILES string of the molecule is COc1cc(NC(=O)c2ccc(N3CCOC3=O)cc2)c(C(=O)N2CCCC2)cc1OC. The third-order valence-corrected chi connectivity index (χ3v) is 5.60. The number of anilines is 2. The number of amides is 3. The van der Waals surface area contributed by atoms with Crippen LogP contribution in [0.4, 0.5) is 16.2 Å². The van der Waals surface area contributed by atoms with E-state index in [-0.39, 0.29) is 11.8 Å². The number of carbonyl (C=O) groups excluding carboxylic acids is 3. The lowest BCUT2D eigenvalue weighted by atomic mass is 10.1. The molecule has 0 saturated carbocycles. The Balaban J connectivity index is 1.60. The van der Waals surface area contributed by atoms with Gasteiger partial charge in [0.15, 0.2) is 11.5 Å². The Kier molecular flexibility index (Phi) is 6.16. The van der Waals surface area contributed by atoms with Crippen LogP contribution >= 0.6 is 0 Å². The zero-order chi connectivity index (χ0) is 22.7. The molecular weight excluding hydrogens is 414 g/mol. The summed E-state index contributed by atoms with van der Waals surface area (Å²) in [6.45, 7) is 2.17. The van der Waals surface area contributed by atoms with Gasteiger partial charge in [0.2, 0.25) is 0 Å². The number of nitrogens with zero attached hydrogens (tertiary/aromatic N) is 2. The predicted octanol–water partition coefficient (Wildman–Crippen LogP) is 3.15. The van der Waals surface area contributed by atoms with Crippen molar-refractivity contribution in [3.8, 4) is 11.5 Å². The van der Waals surface area contributed by atoms with Crippen LogP contribution in [-0.4, -0.2) is 63.3 Å². The summed E-state index contributed by atoms with van der Waals surface area (Å²) in [5.41, 5.74) is 1.72. The molecule has 4 rings (SSSR count). The average molecular weight is 439 g/mol. The number of hydrogen-bond donors (Lipinski definition) is 1. The van der Waals surface area contributed by atoms with Crippen LogP contribution in [-0.2, 0) is 4.74 Å². The smallest absolute Gasteiger partial charge is 0.414 e. The molecule has 2 saturated heterocycles. The number of cyclic esters (lactones) is 1. The standard InChI is InChI=1S/C23H25N3O6/c1-30-19-13-17(22(28)25-9-3-4-10-25)18(14-20(19)31-2)24-21(27)15-5-7-16(8-6-15)26-11-12-32-23(26)29/h5-8,13-14H,3-4,9-12H2,1-2H3,(H,24,27). The first-order chi connectivity index (χ1) is 15.5. The van der Waals surface area contributed by atoms with Gasteiger partial charge in [-0.3, -0.25) is 14.5 Å². The summed E-state index contributed by atoms with van der Waals surface area (Å²) in [5.74, 6) is 0.267. The summed E-state index contributed by atoms with van der Waals surface area (Å²) in [4.78, 5) is 41.0. The fourth-order valence-corrected chi connectivity index (χ4v) is 3.87. The molecule has 0 atom stereocenters. The van der Waals surface area contributed by atoms with Crippen LogP contribution in [0.5, 0.6) is 11.5 Å². The minimum absolute atomic E-state index is 0.165. The molecule has 32 heavy (non-hydrogen) atoms. The molecule has 2 aromatic rings. The average Bonchev–Trinajstić information content (AvgIpc) is 3.50. The van der Waals surface area contributed by atoms with Crippen LogP contribution in [0.2, 0.25) is 0 Å². The Morgan fingerprint density at radius 1 is 0.969 bits per heavy atom. The molecule has 0 unspecified atom stereocenters. The molecule has 2 aliphatic rings. The Hall–Kier alpha value is -3.75. The van der Waals surface area contributed by atoms with Gasteiger partial charge in [0.25, 0.3) is 11.8 Å². The van der Waals surface area contributed by atoms with Gasteiger partial charge in [-0.1, -0.05) is 0 Å². The summed E-state index contributed by atoms with van der Waals surface area (Å²) < 4.78 is 15.7. The second-order valence-corrected chi connectivity index (χ2v) is 7.52. The highest BCUT2D eigenvalue weighted by molar-refractivity contribution is 6.09. The Labute approximate surface area is 185 Å². The van der Waals surface area contributed by atoms with Crippen molar-refractivity contribution in [2.75, 3.05) is 50.7 Å². The van der Waals surface area contributed by atoms with Crippen LogP contribution in [0.1, 0.15) is 33.6 Å². The second-order valence-electron chi connectivity index (χ2n) is 7.52. The molecule has 2 fully saturated rings. The fraction of sp³-hybridized carbons (Fsp3) is 0.348. The van der Waals surface area contributed by atoms with E-state index in [1.54, 1.807) is 41.3 Å². The van der Waals surface area contributed by atoms with Crippen molar-refractivity contribution in [1.29, 1.82) is 0 Å². The van der Waals surface area contributed by atoms with Crippen molar-refractivity contribution in [1.82, 2.24) is 4.90 Å². The molecule has 1 N–H and O–H groups in total. The fourth-order valence-electron chi connectivity index (χ4n) is 3.87. The molecule has 9 nitrogen and oxygen atoms in total. The lowest BCUT2D eigenvalue weighted by Crippen LogP contribution is -2.29. The van der Waals surface area contributed by atoms with Crippen LogP contribution < -0.4 is 19.7 Å². The van der Waals surface area contributed by atoms with Gasteiger partial charge < -0.3 is 24.4 Å². The molecule has 3 amide bonds. The van der Waals surface area contributed by atoms with Crippen molar-refractivity contribution >= 4 is 29.3 Å². The summed E-state index contributed by atoms with van der Waals surface area (Å²) >= 11 is 0. The Morgan fingerprint density at radius 3 is 2.22 bits per heavy atom. The summed E-state index contributed by atoms with van der Waals surface area (Å²) in [5, 5.41) is 2.83. The molecule has 168 valence electrons. The first kappa shape index (κ1) is 21.5. The highest BCUT2D eigenvalue weighted by atomic mass is 16.6. The van der Waals surface area contributed by atoms with Gasteiger partial charge in [0.1, 0.15) is 6.61 Å². The quantitative estimate of drug-likeness (QED) is 0.743. The highest BCUT2D eigenvalue weighted by Gasteiger charge is 2.26. The van der Waals surface area contributed by atoms with Gasteiger partial charge in [0.05, 0.1) is 32.0 Å². The minimum Gasteiger partial charge on any atom is -0.493 e. The number of hydrogen-bond acceptors (Lipinski definition) is 6. The largest absolute Gasteiger partial charge is 0.493 e. The number of nitrogens with one attached hydrogen (secondary N) is 1. The highest BCUT2D eigenvalue weighted by Crippen LogP contribution is 2.35. The van der Waals surface area contributed by atoms with E-state index in [2.05, 4.69) is 5.32 Å². The first-order valence-corrected chi connectivity index (χ1v) is 10.4. The zero-order valence-corrected chi connectivity index (χ0v) is 18.1. The maximum Gasteiger partial charge on any atom is 0.414 e. The van der Waals surface area contributed by atoms with E-state index in [9.17, 15) is 14.4 Å². The normalized spacial score (nSPS) is 15.5. The number of methoxy groups -OCH3 is 2. The number of carbonyl (C=O) groups is 3. The van der Waals surface area contributed by atoms with E-state index >= 15 is 0 Å². The lowest BCUT2D eigenvalue weighted by molar-refractivity contribution is 0.0793. The molecule has 2 heterocycles. The van der Waals surface area contributed by atoms with Crippen molar-refractivity contribution < 1.29 is 28.6 Å². The molecule has 0 aliphatic carbocycles. The molecule has 2 aliphatic heterocycles. The predicted molar refractivity (Wildman–Crippen MR) is 118 cm³/mol. The van der Waals surface area contributed by atoms with Crippen molar-refractivity contribution in [3.63, 3.8) is 0 Å². The monoisotopic (exact) mass is 439 g/mol. The molecule has 2 aromatic carbocycles. The Bertz CT molecular complexity index is 1030. The number of likely N-dealkylation sites (tertiary alicyclic amines) is 1. The minimum atomic E-state index is -0.405. The van der Waals surface area contributed by atoms with Gasteiger partial charge in [-0.15, -0.1) is 0 Å². The van der Waals surface area contributed by atoms with Crippen molar-refractivity contribution in [2.45, 2.75) is 12.8 Å². The maximum absolute atomic E-state index is 13.1. The third kappa shape index (κ3) is 4.18. The maximum atomic E-state index is 13.1. The first-order valence-electron chi connectivity index (χ1n) is 10.4. The van der Waals surface area contributed by atoms with Crippen molar-refractivity contribution in [2.24, 2.45) is 0 Å². The van der Waals surface area contributed by atoms with E-state index in [0.29, 0.717) is 60.2 Å². The van der Waals surface area contributed by atoms with Gasteiger partial charge in [-0.25, -0.2) is 4.79 Å². The molecule has 0 spiro atoms. The zero-order valence-electron chi connectivity index (χ0n) is 18.1. The lowest BCUT2D eigenvalue weighted by Gasteiger charge is -2.20. The molecule has 9 heteroatoms. The van der Waals surface area contributed by atoms with E-state index in [0.717, 1.165) is 12.8 Å². The van der Waals surface area contributed by atoms with Gasteiger partial charge >= 0.3 is 6.09 Å². The van der Waals surface area contributed by atoms with E-state index in [4.69, 9.17) is 14.2 Å². The summed E-state index contributed by atoms with van der Waals surface area (Å²) in [6.07, 6.45) is 1.51. The van der Waals surface area contributed by atoms with Crippen LogP contribution in [0.3, 0.4) is 0 Å². The van der Waals surface area contributed by atoms with Gasteiger partial charge in [0, 0.05) is 30.4 Å². The van der Waals surface area contributed by atoms with E-state index in [1.807, 2.05) is 0 Å². The van der Waals surface area contributed by atoms with Crippen LogP contribution in [0, 0.1) is 0 Å². The van der Waals surface area contributed by atoms with E-state index in [1.165, 1.54) is 19.1 Å². The van der Waals surface area contributed by atoms with Gasteiger partial charge in [-0.2, -0.15) is 0 Å². The third-order valence-electron chi connectivity index (χ3n) is 5.60. The number of rotatable bonds is 6. The van der Waals surface area contributed by atoms with E-state index < -0.39 is 6.09 Å². The number of benzene rings is 2. The molecule has 0 radical (unpaired) electrons. The topological polar surface area (TPSA) is 97.4 Å². The second kappa shape index (κ2) is 9.17.